The fraction of sp³-hybridized carbons (Fsp3) is 0.273. The number of phenolic OH excluding ortho intramolecular Hbond substituents is 1. The topological polar surface area (TPSA) is 107 Å². The fourth-order valence-electron chi connectivity index (χ4n) is 1.27. The van der Waals surface area contributed by atoms with Crippen molar-refractivity contribution in [2.45, 2.75) is 12.5 Å². The van der Waals surface area contributed by atoms with E-state index in [-0.39, 0.29) is 13.0 Å². The Bertz CT molecular complexity index is 442. The van der Waals surface area contributed by atoms with Gasteiger partial charge in [-0.3, -0.25) is 4.79 Å². The van der Waals surface area contributed by atoms with Crippen LogP contribution >= 0.6 is 0 Å². The largest absolute Gasteiger partial charge is 0.507 e. The van der Waals surface area contributed by atoms with Gasteiger partial charge in [0.2, 0.25) is 0 Å². The van der Waals surface area contributed by atoms with E-state index in [1.807, 2.05) is 0 Å². The lowest BCUT2D eigenvalue weighted by molar-refractivity contribution is -0.146. The summed E-state index contributed by atoms with van der Waals surface area (Å²) in [6, 6.07) is 3.42. The van der Waals surface area contributed by atoms with Crippen molar-refractivity contribution in [2.75, 3.05) is 6.54 Å². The van der Waals surface area contributed by atoms with E-state index >= 15 is 0 Å². The first-order valence-electron chi connectivity index (χ1n) is 5.10. The second kappa shape index (κ2) is 5.97. The van der Waals surface area contributed by atoms with E-state index < -0.39 is 35.1 Å². The number of aromatic hydroxyl groups is 1. The highest BCUT2D eigenvalue weighted by Crippen LogP contribution is 2.19. The Kier molecular flexibility index (Phi) is 4.61. The van der Waals surface area contributed by atoms with Crippen LogP contribution in [0.25, 0.3) is 0 Å². The average molecular weight is 257 g/mol. The molecule has 6 nitrogen and oxygen atoms in total. The minimum absolute atomic E-state index is 0.153. The molecular weight excluding hydrogens is 245 g/mol. The van der Waals surface area contributed by atoms with E-state index in [0.29, 0.717) is 0 Å². The fourth-order valence-corrected chi connectivity index (χ4v) is 1.27. The summed E-state index contributed by atoms with van der Waals surface area (Å²) in [6.07, 6.45) is -1.81. The molecular formula is C11H12FNO5. The third-order valence-corrected chi connectivity index (χ3v) is 2.21. The zero-order valence-electron chi connectivity index (χ0n) is 9.26. The molecule has 0 fully saturated rings. The molecule has 1 atom stereocenters. The lowest BCUT2D eigenvalue weighted by Crippen LogP contribution is -2.30. The predicted molar refractivity (Wildman–Crippen MR) is 58.7 cm³/mol. The molecule has 0 spiro atoms. The highest BCUT2D eigenvalue weighted by Gasteiger charge is 2.17. The molecule has 0 bridgehead atoms. The molecule has 18 heavy (non-hydrogen) atoms. The van der Waals surface area contributed by atoms with Crippen LogP contribution in [-0.4, -0.2) is 39.8 Å². The molecule has 98 valence electrons. The molecule has 1 aromatic carbocycles. The van der Waals surface area contributed by atoms with Crippen molar-refractivity contribution in [2.24, 2.45) is 0 Å². The number of carbonyl (C=O) groups is 2. The van der Waals surface area contributed by atoms with Gasteiger partial charge >= 0.3 is 5.97 Å². The Morgan fingerprint density at radius 3 is 2.61 bits per heavy atom. The Morgan fingerprint density at radius 1 is 1.39 bits per heavy atom. The molecule has 1 rings (SSSR count). The van der Waals surface area contributed by atoms with Gasteiger partial charge in [0.1, 0.15) is 17.1 Å². The summed E-state index contributed by atoms with van der Waals surface area (Å²) in [5, 5.41) is 28.9. The second-order valence-corrected chi connectivity index (χ2v) is 3.53. The lowest BCUT2D eigenvalue weighted by Gasteiger charge is -2.09. The molecule has 1 amide bonds. The maximum atomic E-state index is 13.3. The van der Waals surface area contributed by atoms with E-state index in [4.69, 9.17) is 10.2 Å². The van der Waals surface area contributed by atoms with Gasteiger partial charge in [0.05, 0.1) is 0 Å². The van der Waals surface area contributed by atoms with Gasteiger partial charge in [-0.15, -0.1) is 0 Å². The molecule has 1 aromatic rings. The standard InChI is InChI=1S/C11H12FNO5/c12-6-2-1-3-7(14)9(6)10(16)13-5-4-8(15)11(17)18/h1-3,8,14-15H,4-5H2,(H,13,16)(H,17,18)/t8-/m0/s1. The summed E-state index contributed by atoms with van der Waals surface area (Å²) < 4.78 is 13.3. The molecule has 0 radical (unpaired) electrons. The molecule has 0 aromatic heterocycles. The van der Waals surface area contributed by atoms with Crippen LogP contribution in [0, 0.1) is 5.82 Å². The molecule has 4 N–H and O–H groups in total. The van der Waals surface area contributed by atoms with E-state index in [1.165, 1.54) is 6.07 Å². The van der Waals surface area contributed by atoms with Crippen LogP contribution in [0.3, 0.4) is 0 Å². The number of nitrogens with one attached hydrogen (secondary N) is 1. The van der Waals surface area contributed by atoms with Gasteiger partial charge in [-0.2, -0.15) is 0 Å². The molecule has 0 saturated carbocycles. The quantitative estimate of drug-likeness (QED) is 0.598. The molecule has 0 heterocycles. The third kappa shape index (κ3) is 3.42. The molecule has 0 saturated heterocycles. The van der Waals surface area contributed by atoms with E-state index in [1.54, 1.807) is 0 Å². The summed E-state index contributed by atoms with van der Waals surface area (Å²) in [4.78, 5) is 21.8. The van der Waals surface area contributed by atoms with E-state index in [0.717, 1.165) is 12.1 Å². The minimum atomic E-state index is -1.60. The zero-order valence-corrected chi connectivity index (χ0v) is 9.26. The Labute approximate surface area is 102 Å². The van der Waals surface area contributed by atoms with Crippen molar-refractivity contribution < 1.29 is 29.3 Å². The van der Waals surface area contributed by atoms with Crippen LogP contribution in [-0.2, 0) is 4.79 Å². The monoisotopic (exact) mass is 257 g/mol. The number of hydrogen-bond acceptors (Lipinski definition) is 4. The molecule has 7 heteroatoms. The number of aliphatic hydroxyl groups is 1. The number of rotatable bonds is 5. The van der Waals surface area contributed by atoms with Crippen LogP contribution < -0.4 is 5.32 Å². The van der Waals surface area contributed by atoms with E-state index in [2.05, 4.69) is 5.32 Å². The highest BCUT2D eigenvalue weighted by molar-refractivity contribution is 5.97. The average Bonchev–Trinajstić information content (AvgIpc) is 2.28. The SMILES string of the molecule is O=C(NCC[C@H](O)C(=O)O)c1c(O)cccc1F. The van der Waals surface area contributed by atoms with Gasteiger partial charge in [-0.1, -0.05) is 6.07 Å². The smallest absolute Gasteiger partial charge is 0.332 e. The first-order chi connectivity index (χ1) is 8.43. The Hall–Kier alpha value is -2.15. The normalized spacial score (nSPS) is 11.9. The van der Waals surface area contributed by atoms with Gasteiger partial charge < -0.3 is 20.6 Å². The van der Waals surface area contributed by atoms with Gasteiger partial charge in [0.25, 0.3) is 5.91 Å². The van der Waals surface area contributed by atoms with Crippen LogP contribution in [0.5, 0.6) is 5.75 Å². The van der Waals surface area contributed by atoms with Crippen molar-refractivity contribution in [3.63, 3.8) is 0 Å². The number of carbonyl (C=O) groups excluding carboxylic acids is 1. The van der Waals surface area contributed by atoms with Crippen molar-refractivity contribution >= 4 is 11.9 Å². The number of phenols is 1. The summed E-state index contributed by atoms with van der Waals surface area (Å²) in [5.41, 5.74) is -0.512. The first-order valence-corrected chi connectivity index (χ1v) is 5.10. The Balaban J connectivity index is 2.59. The van der Waals surface area contributed by atoms with Gasteiger partial charge in [-0.05, 0) is 12.1 Å². The number of hydrogen-bond donors (Lipinski definition) is 4. The first kappa shape index (κ1) is 13.9. The summed E-state index contributed by atoms with van der Waals surface area (Å²) in [5.74, 6) is -3.67. The summed E-state index contributed by atoms with van der Waals surface area (Å²) in [6.45, 7) is -0.153. The van der Waals surface area contributed by atoms with Crippen molar-refractivity contribution in [1.82, 2.24) is 5.32 Å². The summed E-state index contributed by atoms with van der Waals surface area (Å²) >= 11 is 0. The number of benzene rings is 1. The number of aliphatic hydroxyl groups excluding tert-OH is 1. The number of carboxylic acid groups (broad SMARTS) is 1. The van der Waals surface area contributed by atoms with Gasteiger partial charge in [0.15, 0.2) is 6.10 Å². The van der Waals surface area contributed by atoms with Crippen LogP contribution in [0.15, 0.2) is 18.2 Å². The van der Waals surface area contributed by atoms with Crippen LogP contribution in [0.1, 0.15) is 16.8 Å². The minimum Gasteiger partial charge on any atom is -0.507 e. The Morgan fingerprint density at radius 2 is 2.06 bits per heavy atom. The van der Waals surface area contributed by atoms with E-state index in [9.17, 15) is 19.1 Å². The number of carboxylic acids is 1. The maximum absolute atomic E-state index is 13.3. The lowest BCUT2D eigenvalue weighted by atomic mass is 10.1. The van der Waals surface area contributed by atoms with Crippen molar-refractivity contribution in [1.29, 1.82) is 0 Å². The van der Waals surface area contributed by atoms with Crippen LogP contribution in [0.2, 0.25) is 0 Å². The van der Waals surface area contributed by atoms with Crippen LogP contribution in [0.4, 0.5) is 4.39 Å². The zero-order chi connectivity index (χ0) is 13.7. The van der Waals surface area contributed by atoms with Gasteiger partial charge in [-0.25, -0.2) is 9.18 Å². The van der Waals surface area contributed by atoms with Gasteiger partial charge in [0, 0.05) is 13.0 Å². The number of aliphatic carboxylic acids is 1. The van der Waals surface area contributed by atoms with Crippen molar-refractivity contribution in [3.8, 4) is 5.75 Å². The maximum Gasteiger partial charge on any atom is 0.332 e. The predicted octanol–water partition coefficient (Wildman–Crippen LogP) is 0.0967. The summed E-state index contributed by atoms with van der Waals surface area (Å²) in [7, 11) is 0. The molecule has 0 aliphatic carbocycles. The number of halogens is 1. The highest BCUT2D eigenvalue weighted by atomic mass is 19.1. The third-order valence-electron chi connectivity index (χ3n) is 2.21. The molecule has 0 aliphatic rings. The molecule has 0 aliphatic heterocycles. The second-order valence-electron chi connectivity index (χ2n) is 3.53. The van der Waals surface area contributed by atoms with Crippen molar-refractivity contribution in [3.05, 3.63) is 29.6 Å². The number of amides is 1. The molecule has 0 unspecified atom stereocenters.